The van der Waals surface area contributed by atoms with Gasteiger partial charge < -0.3 is 18.1 Å². The molecule has 0 aromatic heterocycles. The van der Waals surface area contributed by atoms with Gasteiger partial charge in [-0.25, -0.2) is 0 Å². The average molecular weight is 803 g/mol. The molecule has 0 saturated carbocycles. The van der Waals surface area contributed by atoms with Crippen LogP contribution in [0.2, 0.25) is 0 Å². The molecule has 3 aliphatic heterocycles. The van der Waals surface area contributed by atoms with Crippen LogP contribution in [0.5, 0.6) is 23.0 Å². The van der Waals surface area contributed by atoms with Crippen molar-refractivity contribution in [3.63, 3.8) is 0 Å². The molecule has 264 valence electrons. The van der Waals surface area contributed by atoms with E-state index in [9.17, 15) is 0 Å². The Morgan fingerprint density at radius 3 is 0.981 bits per heavy atom. The Hall–Kier alpha value is -4.73. The van der Waals surface area contributed by atoms with Crippen LogP contribution in [-0.2, 0) is 12.8 Å². The Kier molecular flexibility index (Phi) is 7.34. The Bertz CT molecular complexity index is 2750. The molecule has 0 saturated heterocycles. The van der Waals surface area contributed by atoms with Crippen LogP contribution in [0.25, 0.3) is 43.1 Å². The zero-order chi connectivity index (χ0) is 36.1. The summed E-state index contributed by atoms with van der Waals surface area (Å²) >= 11 is 14.4. The van der Waals surface area contributed by atoms with Crippen LogP contribution in [0.15, 0.2) is 159 Å². The van der Waals surface area contributed by atoms with E-state index in [0.29, 0.717) is 35.8 Å². The third-order valence-corrected chi connectivity index (χ3v) is 19.7. The summed E-state index contributed by atoms with van der Waals surface area (Å²) < 4.78 is 43.2. The van der Waals surface area contributed by atoms with Crippen LogP contribution in [0.1, 0.15) is 22.3 Å². The van der Waals surface area contributed by atoms with Gasteiger partial charge in [0.05, 0.1) is 0 Å². The van der Waals surface area contributed by atoms with Gasteiger partial charge in [0.2, 0.25) is 0 Å². The van der Waals surface area contributed by atoms with Gasteiger partial charge >= 0.3 is 15.3 Å². The minimum Gasteiger partial charge on any atom is -0.413 e. The van der Waals surface area contributed by atoms with E-state index in [1.54, 1.807) is 0 Å². The Morgan fingerprint density at radius 2 is 0.648 bits per heavy atom. The summed E-state index contributed by atoms with van der Waals surface area (Å²) in [6.07, 6.45) is 1.10. The standard InChI is InChI=1S/C42H28Cl2N3O4P3/c43-52(44)45-53(48-39-21-17-27-9-1-5-13-31(27)35(39)25-36-32-14-6-2-10-28(32)18-22-40(36)49-53)47-54(46-52)50-41-23-19-29-11-3-7-15-33(29)37(41)26-38-34-16-8-4-12-30(34)20-24-42(38)51-54/h1-24H,25-26H2. The first kappa shape index (κ1) is 32.7. The predicted octanol–water partition coefficient (Wildman–Crippen LogP) is 15.1. The highest BCUT2D eigenvalue weighted by atomic mass is 35.9. The van der Waals surface area contributed by atoms with Gasteiger partial charge in [0.25, 0.3) is 5.91 Å². The first-order chi connectivity index (χ1) is 26.3. The molecule has 0 atom stereocenters. The lowest BCUT2D eigenvalue weighted by Crippen LogP contribution is -2.12. The fourth-order valence-corrected chi connectivity index (χ4v) is 18.6. The summed E-state index contributed by atoms with van der Waals surface area (Å²) in [5.41, 5.74) is 3.93. The molecule has 11 rings (SSSR count). The molecule has 0 bridgehead atoms. The number of halogens is 2. The second-order valence-electron chi connectivity index (χ2n) is 13.5. The van der Waals surface area contributed by atoms with E-state index in [2.05, 4.69) is 48.5 Å². The van der Waals surface area contributed by atoms with Gasteiger partial charge in [-0.3, -0.25) is 0 Å². The Balaban J connectivity index is 1.22. The smallest absolute Gasteiger partial charge is 0.413 e. The maximum atomic E-state index is 7.21. The topological polar surface area (TPSA) is 74.0 Å². The molecular formula is C42H28Cl2N3O4P3. The fourth-order valence-electron chi connectivity index (χ4n) is 7.85. The van der Waals surface area contributed by atoms with Gasteiger partial charge in [-0.2, -0.15) is 0 Å². The lowest BCUT2D eigenvalue weighted by Gasteiger charge is -2.34. The Labute approximate surface area is 320 Å². The third-order valence-electron chi connectivity index (χ3n) is 10.2. The lowest BCUT2D eigenvalue weighted by molar-refractivity contribution is 0.450. The average Bonchev–Trinajstić information content (AvgIpc) is 3.16. The highest BCUT2D eigenvalue weighted by Gasteiger charge is 2.46. The molecule has 3 aliphatic rings. The summed E-state index contributed by atoms with van der Waals surface area (Å²) in [6, 6.07) is 49.0. The fraction of sp³-hybridized carbons (Fsp3) is 0.0476. The summed E-state index contributed by atoms with van der Waals surface area (Å²) in [4.78, 5) is 0. The molecule has 8 aromatic carbocycles. The maximum Gasteiger partial charge on any atom is 0.457 e. The molecule has 0 radical (unpaired) electrons. The number of benzene rings is 8. The van der Waals surface area contributed by atoms with Gasteiger partial charge in [-0.1, -0.05) is 126 Å². The molecule has 2 spiro atoms. The molecule has 3 heterocycles. The zero-order valence-corrected chi connectivity index (χ0v) is 32.5. The molecular weight excluding hydrogens is 774 g/mol. The number of rotatable bonds is 0. The first-order valence-corrected chi connectivity index (χ1v) is 24.0. The number of nitrogens with zero attached hydrogens (tertiary/aromatic N) is 3. The number of hydrogen-bond acceptors (Lipinski definition) is 7. The molecule has 0 fully saturated rings. The first-order valence-electron chi connectivity index (χ1n) is 17.5. The van der Waals surface area contributed by atoms with Crippen LogP contribution >= 0.6 is 43.7 Å². The van der Waals surface area contributed by atoms with Crippen molar-refractivity contribution in [2.24, 2.45) is 13.5 Å². The second-order valence-corrected chi connectivity index (χ2v) is 22.6. The molecule has 7 nitrogen and oxygen atoms in total. The highest BCUT2D eigenvalue weighted by Crippen LogP contribution is 2.82. The minimum atomic E-state index is -3.84. The summed E-state index contributed by atoms with van der Waals surface area (Å²) in [5.74, 6) is -1.31. The van der Waals surface area contributed by atoms with Gasteiger partial charge in [0.15, 0.2) is 0 Å². The van der Waals surface area contributed by atoms with Crippen molar-refractivity contribution in [3.8, 4) is 23.0 Å². The van der Waals surface area contributed by atoms with Gasteiger partial charge in [-0.15, -0.1) is 9.03 Å². The summed E-state index contributed by atoms with van der Waals surface area (Å²) in [7, 11) is -7.69. The zero-order valence-electron chi connectivity index (χ0n) is 28.3. The summed E-state index contributed by atoms with van der Waals surface area (Å²) in [5, 5.41) is 8.56. The number of hydrogen-bond donors (Lipinski definition) is 0. The van der Waals surface area contributed by atoms with Crippen LogP contribution in [0.4, 0.5) is 0 Å². The van der Waals surface area contributed by atoms with E-state index in [4.69, 9.17) is 54.1 Å². The molecule has 8 aromatic rings. The third kappa shape index (κ3) is 5.37. The molecule has 0 amide bonds. The van der Waals surface area contributed by atoms with E-state index in [1.807, 2.05) is 97.1 Å². The van der Waals surface area contributed by atoms with Crippen molar-refractivity contribution in [3.05, 3.63) is 168 Å². The molecule has 54 heavy (non-hydrogen) atoms. The maximum absolute atomic E-state index is 7.21. The van der Waals surface area contributed by atoms with Crippen LogP contribution in [-0.4, -0.2) is 0 Å². The molecule has 0 aliphatic carbocycles. The van der Waals surface area contributed by atoms with Crippen molar-refractivity contribution < 1.29 is 18.1 Å². The van der Waals surface area contributed by atoms with E-state index >= 15 is 0 Å². The quantitative estimate of drug-likeness (QED) is 0.143. The van der Waals surface area contributed by atoms with Crippen LogP contribution < -0.4 is 18.1 Å². The second kappa shape index (κ2) is 12.1. The van der Waals surface area contributed by atoms with Crippen molar-refractivity contribution in [1.82, 2.24) is 0 Å². The predicted molar refractivity (Wildman–Crippen MR) is 224 cm³/mol. The molecule has 0 unspecified atom stereocenters. The van der Waals surface area contributed by atoms with Crippen molar-refractivity contribution in [1.29, 1.82) is 0 Å². The van der Waals surface area contributed by atoms with E-state index in [-0.39, 0.29) is 0 Å². The molecule has 12 heteroatoms. The van der Waals surface area contributed by atoms with Gasteiger partial charge in [-0.05, 0) is 89.8 Å². The largest absolute Gasteiger partial charge is 0.457 e. The van der Waals surface area contributed by atoms with Gasteiger partial charge in [0.1, 0.15) is 23.0 Å². The SMILES string of the molecule is ClP1(Cl)=NP2(=NP3(=N1)Oc1ccc4ccccc4c1Cc1c(ccc4ccccc14)O3)Oc1ccc3ccccc3c1Cc1c(ccc3ccccc13)O2. The van der Waals surface area contributed by atoms with Crippen molar-refractivity contribution in [2.45, 2.75) is 12.8 Å². The van der Waals surface area contributed by atoms with E-state index in [1.165, 1.54) is 0 Å². The lowest BCUT2D eigenvalue weighted by atomic mass is 9.93. The number of fused-ring (bicyclic) bond motifs is 12. The van der Waals surface area contributed by atoms with E-state index < -0.39 is 21.2 Å². The monoisotopic (exact) mass is 801 g/mol. The van der Waals surface area contributed by atoms with Gasteiger partial charge in [0, 0.05) is 35.1 Å². The molecule has 0 N–H and O–H groups in total. The van der Waals surface area contributed by atoms with E-state index in [0.717, 1.165) is 65.3 Å². The van der Waals surface area contributed by atoms with Crippen LogP contribution in [0, 0.1) is 0 Å². The highest BCUT2D eigenvalue weighted by molar-refractivity contribution is 8.13. The van der Waals surface area contributed by atoms with Crippen molar-refractivity contribution >= 4 is 86.8 Å². The summed E-state index contributed by atoms with van der Waals surface area (Å²) in [6.45, 7) is 0. The van der Waals surface area contributed by atoms with Crippen LogP contribution in [0.3, 0.4) is 0 Å². The Morgan fingerprint density at radius 1 is 0.352 bits per heavy atom. The minimum absolute atomic E-state index is 0.550. The normalized spacial score (nSPS) is 17.3. The van der Waals surface area contributed by atoms with Crippen molar-refractivity contribution in [2.75, 3.05) is 0 Å².